The number of anilines is 2. The SMILES string of the molecule is CC(=O)c1cccc(NC(=O)Nc2ccc(OCC#N)cc2)c1. The molecular weight excluding hydrogens is 294 g/mol. The van der Waals surface area contributed by atoms with Crippen LogP contribution in [0.5, 0.6) is 5.75 Å². The van der Waals surface area contributed by atoms with Crippen LogP contribution in [-0.4, -0.2) is 18.4 Å². The van der Waals surface area contributed by atoms with E-state index in [2.05, 4.69) is 10.6 Å². The lowest BCUT2D eigenvalue weighted by Crippen LogP contribution is -2.19. The van der Waals surface area contributed by atoms with Gasteiger partial charge in [-0.2, -0.15) is 5.26 Å². The molecule has 2 rings (SSSR count). The zero-order chi connectivity index (χ0) is 16.7. The zero-order valence-corrected chi connectivity index (χ0v) is 12.5. The van der Waals surface area contributed by atoms with Gasteiger partial charge >= 0.3 is 6.03 Å². The van der Waals surface area contributed by atoms with Crippen molar-refractivity contribution in [1.82, 2.24) is 0 Å². The van der Waals surface area contributed by atoms with E-state index in [0.717, 1.165) is 0 Å². The Kier molecular flexibility index (Phi) is 5.31. The molecule has 0 radical (unpaired) electrons. The van der Waals surface area contributed by atoms with Gasteiger partial charge in [0, 0.05) is 16.9 Å². The number of hydrogen-bond donors (Lipinski definition) is 2. The summed E-state index contributed by atoms with van der Waals surface area (Å²) in [6.45, 7) is 1.44. The molecule has 2 aromatic carbocycles. The number of nitrogens with zero attached hydrogens (tertiary/aromatic N) is 1. The number of ether oxygens (including phenoxy) is 1. The van der Waals surface area contributed by atoms with E-state index >= 15 is 0 Å². The number of nitrogens with one attached hydrogen (secondary N) is 2. The first kappa shape index (κ1) is 16.0. The van der Waals surface area contributed by atoms with Gasteiger partial charge in [0.2, 0.25) is 0 Å². The Morgan fingerprint density at radius 2 is 1.78 bits per heavy atom. The Morgan fingerprint density at radius 1 is 1.09 bits per heavy atom. The first-order valence-corrected chi connectivity index (χ1v) is 6.87. The van der Waals surface area contributed by atoms with Crippen LogP contribution in [0.3, 0.4) is 0 Å². The van der Waals surface area contributed by atoms with Crippen molar-refractivity contribution in [3.8, 4) is 11.8 Å². The Morgan fingerprint density at radius 3 is 2.43 bits per heavy atom. The van der Waals surface area contributed by atoms with Crippen LogP contribution < -0.4 is 15.4 Å². The second-order valence-electron chi connectivity index (χ2n) is 4.69. The fourth-order valence-corrected chi connectivity index (χ4v) is 1.86. The lowest BCUT2D eigenvalue weighted by molar-refractivity contribution is 0.101. The molecule has 0 heterocycles. The molecule has 0 atom stereocenters. The van der Waals surface area contributed by atoms with Crippen molar-refractivity contribution in [2.24, 2.45) is 0 Å². The van der Waals surface area contributed by atoms with E-state index in [1.807, 2.05) is 6.07 Å². The average molecular weight is 309 g/mol. The molecule has 0 aromatic heterocycles. The van der Waals surface area contributed by atoms with E-state index in [1.54, 1.807) is 48.5 Å². The Labute approximate surface area is 133 Å². The lowest BCUT2D eigenvalue weighted by Gasteiger charge is -2.09. The fraction of sp³-hybridized carbons (Fsp3) is 0.118. The topological polar surface area (TPSA) is 91.2 Å². The summed E-state index contributed by atoms with van der Waals surface area (Å²) in [7, 11) is 0. The summed E-state index contributed by atoms with van der Waals surface area (Å²) in [5.41, 5.74) is 1.64. The number of hydrogen-bond acceptors (Lipinski definition) is 4. The highest BCUT2D eigenvalue weighted by Gasteiger charge is 2.05. The second kappa shape index (κ2) is 7.61. The number of urea groups is 1. The van der Waals surface area contributed by atoms with Gasteiger partial charge in [-0.3, -0.25) is 4.79 Å². The van der Waals surface area contributed by atoms with Crippen molar-refractivity contribution in [3.05, 3.63) is 54.1 Å². The van der Waals surface area contributed by atoms with Crippen molar-refractivity contribution in [1.29, 1.82) is 5.26 Å². The summed E-state index contributed by atoms with van der Waals surface area (Å²) < 4.78 is 5.12. The standard InChI is InChI=1S/C17H15N3O3/c1-12(21)13-3-2-4-15(11-13)20-17(22)19-14-5-7-16(8-6-14)23-10-9-18/h2-8,11H,10H2,1H3,(H2,19,20,22). The van der Waals surface area contributed by atoms with E-state index in [9.17, 15) is 9.59 Å². The molecule has 0 fully saturated rings. The highest BCUT2D eigenvalue weighted by atomic mass is 16.5. The maximum absolute atomic E-state index is 11.9. The van der Waals surface area contributed by atoms with Crippen molar-refractivity contribution < 1.29 is 14.3 Å². The van der Waals surface area contributed by atoms with Crippen molar-refractivity contribution in [2.75, 3.05) is 17.2 Å². The normalized spacial score (nSPS) is 9.57. The molecule has 6 heteroatoms. The summed E-state index contributed by atoms with van der Waals surface area (Å²) in [6.07, 6.45) is 0. The minimum absolute atomic E-state index is 0.0280. The molecule has 0 aliphatic carbocycles. The molecule has 2 N–H and O–H groups in total. The van der Waals surface area contributed by atoms with Gasteiger partial charge in [0.05, 0.1) is 0 Å². The molecule has 0 bridgehead atoms. The first-order valence-electron chi connectivity index (χ1n) is 6.87. The predicted molar refractivity (Wildman–Crippen MR) is 86.6 cm³/mol. The molecule has 23 heavy (non-hydrogen) atoms. The average Bonchev–Trinajstić information content (AvgIpc) is 2.54. The van der Waals surface area contributed by atoms with Crippen LogP contribution in [0.4, 0.5) is 16.2 Å². The molecule has 2 aromatic rings. The summed E-state index contributed by atoms with van der Waals surface area (Å²) in [5.74, 6) is 0.480. The number of carbonyl (C=O) groups excluding carboxylic acids is 2. The molecule has 0 saturated carbocycles. The predicted octanol–water partition coefficient (Wildman–Crippen LogP) is 3.44. The third-order valence-corrected chi connectivity index (χ3v) is 2.94. The van der Waals surface area contributed by atoms with Gasteiger partial charge in [0.15, 0.2) is 12.4 Å². The molecule has 2 amide bonds. The third-order valence-electron chi connectivity index (χ3n) is 2.94. The molecule has 0 aliphatic heterocycles. The van der Waals surface area contributed by atoms with Crippen LogP contribution in [0.1, 0.15) is 17.3 Å². The molecular formula is C17H15N3O3. The maximum Gasteiger partial charge on any atom is 0.323 e. The van der Waals surface area contributed by atoms with Crippen LogP contribution >= 0.6 is 0 Å². The van der Waals surface area contributed by atoms with Gasteiger partial charge in [-0.05, 0) is 43.3 Å². The minimum Gasteiger partial charge on any atom is -0.479 e. The van der Waals surface area contributed by atoms with Gasteiger partial charge < -0.3 is 15.4 Å². The summed E-state index contributed by atoms with van der Waals surface area (Å²) in [4.78, 5) is 23.3. The van der Waals surface area contributed by atoms with E-state index in [-0.39, 0.29) is 12.4 Å². The Balaban J connectivity index is 1.95. The lowest BCUT2D eigenvalue weighted by atomic mass is 10.1. The smallest absolute Gasteiger partial charge is 0.323 e. The van der Waals surface area contributed by atoms with Gasteiger partial charge in [-0.1, -0.05) is 12.1 Å². The summed E-state index contributed by atoms with van der Waals surface area (Å²) in [6, 6.07) is 14.8. The summed E-state index contributed by atoms with van der Waals surface area (Å²) >= 11 is 0. The largest absolute Gasteiger partial charge is 0.479 e. The number of rotatable bonds is 5. The fourth-order valence-electron chi connectivity index (χ4n) is 1.86. The highest BCUT2D eigenvalue weighted by molar-refractivity contribution is 6.01. The third kappa shape index (κ3) is 4.86. The molecule has 6 nitrogen and oxygen atoms in total. The van der Waals surface area contributed by atoms with Crippen molar-refractivity contribution in [2.45, 2.75) is 6.92 Å². The van der Waals surface area contributed by atoms with Crippen LogP contribution in [-0.2, 0) is 0 Å². The van der Waals surface area contributed by atoms with E-state index in [4.69, 9.17) is 10.00 Å². The number of benzene rings is 2. The van der Waals surface area contributed by atoms with Gasteiger partial charge in [-0.25, -0.2) is 4.79 Å². The maximum atomic E-state index is 11.9. The van der Waals surface area contributed by atoms with Crippen LogP contribution in [0.25, 0.3) is 0 Å². The Hall–Kier alpha value is -3.33. The molecule has 0 aliphatic rings. The highest BCUT2D eigenvalue weighted by Crippen LogP contribution is 2.16. The molecule has 116 valence electrons. The van der Waals surface area contributed by atoms with E-state index < -0.39 is 6.03 Å². The molecule has 0 spiro atoms. The number of nitriles is 1. The van der Waals surface area contributed by atoms with Crippen LogP contribution in [0, 0.1) is 11.3 Å². The van der Waals surface area contributed by atoms with Gasteiger partial charge in [0.25, 0.3) is 0 Å². The van der Waals surface area contributed by atoms with Gasteiger partial charge in [-0.15, -0.1) is 0 Å². The molecule has 0 unspecified atom stereocenters. The van der Waals surface area contributed by atoms with Gasteiger partial charge in [0.1, 0.15) is 11.8 Å². The first-order chi connectivity index (χ1) is 11.1. The number of carbonyl (C=O) groups is 2. The zero-order valence-electron chi connectivity index (χ0n) is 12.5. The molecule has 0 saturated heterocycles. The van der Waals surface area contributed by atoms with Crippen LogP contribution in [0.15, 0.2) is 48.5 Å². The second-order valence-corrected chi connectivity index (χ2v) is 4.69. The Bertz CT molecular complexity index is 748. The van der Waals surface area contributed by atoms with Crippen molar-refractivity contribution >= 4 is 23.2 Å². The minimum atomic E-state index is -0.420. The van der Waals surface area contributed by atoms with E-state index in [1.165, 1.54) is 6.92 Å². The quantitative estimate of drug-likeness (QED) is 0.828. The number of Topliss-reactive ketones (excluding diaryl/α,β-unsaturated/α-hetero) is 1. The van der Waals surface area contributed by atoms with E-state index in [0.29, 0.717) is 22.7 Å². The van der Waals surface area contributed by atoms with Crippen LogP contribution in [0.2, 0.25) is 0 Å². The number of amides is 2. The number of ketones is 1. The van der Waals surface area contributed by atoms with Crippen molar-refractivity contribution in [3.63, 3.8) is 0 Å². The monoisotopic (exact) mass is 309 g/mol. The summed E-state index contributed by atoms with van der Waals surface area (Å²) in [5, 5.41) is 13.8.